The Morgan fingerprint density at radius 1 is 1.11 bits per heavy atom. The van der Waals surface area contributed by atoms with E-state index in [-0.39, 0.29) is 30.1 Å². The first-order chi connectivity index (χ1) is 16.9. The minimum atomic E-state index is -0.0999. The van der Waals surface area contributed by atoms with Crippen LogP contribution in [0.4, 0.5) is 10.9 Å². The van der Waals surface area contributed by atoms with E-state index in [1.54, 1.807) is 18.3 Å². The number of likely N-dealkylation sites (tertiary alicyclic amines) is 1. The van der Waals surface area contributed by atoms with Crippen molar-refractivity contribution in [2.75, 3.05) is 25.5 Å². The number of carbonyl (C=O) groups is 1. The molecule has 1 saturated heterocycles. The Kier molecular flexibility index (Phi) is 7.45. The van der Waals surface area contributed by atoms with Crippen molar-refractivity contribution in [3.05, 3.63) is 34.7 Å². The summed E-state index contributed by atoms with van der Waals surface area (Å²) >= 11 is 1.71. The smallest absolute Gasteiger partial charge is 0.228 e. The molecule has 0 aromatic carbocycles. The van der Waals surface area contributed by atoms with E-state index in [1.807, 2.05) is 12.4 Å². The first-order valence-corrected chi connectivity index (χ1v) is 13.6. The summed E-state index contributed by atoms with van der Waals surface area (Å²) in [5.41, 5.74) is 1.96. The van der Waals surface area contributed by atoms with Crippen LogP contribution < -0.4 is 10.6 Å². The van der Waals surface area contributed by atoms with Gasteiger partial charge < -0.3 is 20.3 Å². The summed E-state index contributed by atoms with van der Waals surface area (Å²) in [5.74, 6) is 1.41. The number of carbonyl (C=O) groups excluding carboxylic acids is 1. The average Bonchev–Trinajstić information content (AvgIpc) is 3.30. The molecule has 9 heteroatoms. The lowest BCUT2D eigenvalue weighted by Crippen LogP contribution is -2.38. The van der Waals surface area contributed by atoms with Crippen LogP contribution in [0.5, 0.6) is 0 Å². The summed E-state index contributed by atoms with van der Waals surface area (Å²) in [6, 6.07) is 0.264. The van der Waals surface area contributed by atoms with Gasteiger partial charge in [0, 0.05) is 36.6 Å². The van der Waals surface area contributed by atoms with Gasteiger partial charge in [0.05, 0.1) is 23.0 Å². The van der Waals surface area contributed by atoms with E-state index in [9.17, 15) is 4.79 Å². The molecule has 2 aromatic rings. The molecule has 0 bridgehead atoms. The molecule has 1 amide bonds. The highest BCUT2D eigenvalue weighted by atomic mass is 32.1. The van der Waals surface area contributed by atoms with Gasteiger partial charge in [-0.1, -0.05) is 19.1 Å². The van der Waals surface area contributed by atoms with Gasteiger partial charge in [0.1, 0.15) is 11.1 Å². The zero-order chi connectivity index (χ0) is 24.4. The van der Waals surface area contributed by atoms with Crippen LogP contribution in [0, 0.1) is 5.92 Å². The van der Waals surface area contributed by atoms with Gasteiger partial charge in [0.2, 0.25) is 11.9 Å². The second kappa shape index (κ2) is 10.7. The molecule has 188 valence electrons. The molecule has 3 aliphatic rings. The molecule has 2 atom stereocenters. The maximum absolute atomic E-state index is 11.4. The fraction of sp³-hybridized carbons (Fsp3) is 0.615. The number of fused-ring (bicyclic) bond motifs is 1. The van der Waals surface area contributed by atoms with Crippen molar-refractivity contribution in [3.63, 3.8) is 0 Å². The van der Waals surface area contributed by atoms with Crippen LogP contribution in [0.25, 0.3) is 6.08 Å². The number of nitrogens with one attached hydrogen (secondary N) is 2. The molecule has 2 fully saturated rings. The van der Waals surface area contributed by atoms with Gasteiger partial charge in [0.25, 0.3) is 0 Å². The molecule has 1 aliphatic heterocycles. The Morgan fingerprint density at radius 2 is 1.89 bits per heavy atom. The van der Waals surface area contributed by atoms with Crippen molar-refractivity contribution >= 4 is 34.3 Å². The highest BCUT2D eigenvalue weighted by Gasteiger charge is 2.31. The summed E-state index contributed by atoms with van der Waals surface area (Å²) in [6.45, 7) is 6.02. The zero-order valence-electron chi connectivity index (χ0n) is 20.9. The number of anilines is 2. The summed E-state index contributed by atoms with van der Waals surface area (Å²) < 4.78 is 6.63. The molecule has 2 aliphatic carbocycles. The Balaban J connectivity index is 1.25. The first-order valence-electron chi connectivity index (χ1n) is 12.8. The van der Waals surface area contributed by atoms with E-state index >= 15 is 0 Å². The Hall–Kier alpha value is -2.36. The van der Waals surface area contributed by atoms with Crippen molar-refractivity contribution in [1.82, 2.24) is 25.2 Å². The van der Waals surface area contributed by atoms with Gasteiger partial charge in [-0.2, -0.15) is 0 Å². The number of aromatic nitrogens is 3. The van der Waals surface area contributed by atoms with E-state index in [4.69, 9.17) is 14.7 Å². The van der Waals surface area contributed by atoms with Crippen LogP contribution in [-0.4, -0.2) is 58.0 Å². The first kappa shape index (κ1) is 24.3. The SMILES string of the molecule is CC(=O)NC1CCC(OC2c3nc(Nc4cnc(C5CCN(C)CC5)s4)ncc3C=CC2C)CC1. The lowest BCUT2D eigenvalue weighted by Gasteiger charge is -2.34. The van der Waals surface area contributed by atoms with E-state index < -0.39 is 0 Å². The van der Waals surface area contributed by atoms with Crippen LogP contribution >= 0.6 is 11.3 Å². The van der Waals surface area contributed by atoms with E-state index in [1.165, 1.54) is 5.01 Å². The number of hydrogen-bond donors (Lipinski definition) is 2. The molecule has 1 saturated carbocycles. The quantitative estimate of drug-likeness (QED) is 0.601. The van der Waals surface area contributed by atoms with Gasteiger partial charge in [-0.3, -0.25) is 4.79 Å². The van der Waals surface area contributed by atoms with Gasteiger partial charge in [-0.15, -0.1) is 11.3 Å². The lowest BCUT2D eigenvalue weighted by molar-refractivity contribution is -0.120. The zero-order valence-corrected chi connectivity index (χ0v) is 21.7. The monoisotopic (exact) mass is 496 g/mol. The number of hydrogen-bond acceptors (Lipinski definition) is 8. The average molecular weight is 497 g/mol. The van der Waals surface area contributed by atoms with Gasteiger partial charge in [-0.05, 0) is 58.7 Å². The molecule has 35 heavy (non-hydrogen) atoms. The normalized spacial score (nSPS) is 27.4. The Bertz CT molecular complexity index is 1060. The van der Waals surface area contributed by atoms with Gasteiger partial charge in [0.15, 0.2) is 0 Å². The van der Waals surface area contributed by atoms with Crippen LogP contribution in [0.3, 0.4) is 0 Å². The maximum Gasteiger partial charge on any atom is 0.228 e. The van der Waals surface area contributed by atoms with Crippen LogP contribution in [-0.2, 0) is 9.53 Å². The molecular weight excluding hydrogens is 460 g/mol. The summed E-state index contributed by atoms with van der Waals surface area (Å²) in [7, 11) is 2.18. The molecular formula is C26H36N6O2S. The third-order valence-electron chi connectivity index (χ3n) is 7.42. The van der Waals surface area contributed by atoms with E-state index in [0.29, 0.717) is 11.9 Å². The molecule has 0 radical (unpaired) electrons. The fourth-order valence-electron chi connectivity index (χ4n) is 5.35. The van der Waals surface area contributed by atoms with Gasteiger partial charge >= 0.3 is 0 Å². The summed E-state index contributed by atoms with van der Waals surface area (Å²) in [6.07, 6.45) is 14.3. The third kappa shape index (κ3) is 5.90. The summed E-state index contributed by atoms with van der Waals surface area (Å²) in [4.78, 5) is 27.9. The fourth-order valence-corrected chi connectivity index (χ4v) is 6.33. The minimum absolute atomic E-state index is 0.0467. The number of thiazole rings is 1. The molecule has 3 heterocycles. The van der Waals surface area contributed by atoms with E-state index in [2.05, 4.69) is 46.6 Å². The van der Waals surface area contributed by atoms with Crippen molar-refractivity contribution in [1.29, 1.82) is 0 Å². The van der Waals surface area contributed by atoms with Crippen LogP contribution in [0.1, 0.15) is 80.7 Å². The van der Waals surface area contributed by atoms with Crippen molar-refractivity contribution in [2.45, 2.75) is 76.5 Å². The molecule has 0 spiro atoms. The maximum atomic E-state index is 11.4. The number of amides is 1. The topological polar surface area (TPSA) is 92.3 Å². The predicted octanol–water partition coefficient (Wildman–Crippen LogP) is 4.65. The van der Waals surface area contributed by atoms with Gasteiger partial charge in [-0.25, -0.2) is 15.0 Å². The van der Waals surface area contributed by atoms with Crippen molar-refractivity contribution < 1.29 is 9.53 Å². The lowest BCUT2D eigenvalue weighted by atomic mass is 9.90. The van der Waals surface area contributed by atoms with Crippen molar-refractivity contribution in [2.24, 2.45) is 5.92 Å². The molecule has 2 unspecified atom stereocenters. The molecule has 8 nitrogen and oxygen atoms in total. The molecule has 2 N–H and O–H groups in total. The highest BCUT2D eigenvalue weighted by molar-refractivity contribution is 7.15. The number of rotatable bonds is 6. The second-order valence-electron chi connectivity index (χ2n) is 10.2. The minimum Gasteiger partial charge on any atom is -0.368 e. The second-order valence-corrected chi connectivity index (χ2v) is 11.3. The number of ether oxygens (including phenoxy) is 1. The predicted molar refractivity (Wildman–Crippen MR) is 139 cm³/mol. The number of nitrogens with zero attached hydrogens (tertiary/aromatic N) is 4. The standard InChI is InChI=1S/C26H36N6O2S/c1-16-4-5-19-14-28-26(30-22-15-27-25(35-22)18-10-12-32(3)13-11-18)31-23(19)24(16)34-21-8-6-20(7-9-21)29-17(2)33/h4-5,14-16,18,20-21,24H,6-13H2,1-3H3,(H,29,33)(H,28,30,31). The Labute approximate surface area is 211 Å². The highest BCUT2D eigenvalue weighted by Crippen LogP contribution is 2.38. The van der Waals surface area contributed by atoms with Crippen LogP contribution in [0.15, 0.2) is 18.5 Å². The number of piperidine rings is 1. The van der Waals surface area contributed by atoms with E-state index in [0.717, 1.165) is 67.9 Å². The largest absolute Gasteiger partial charge is 0.368 e. The third-order valence-corrected chi connectivity index (χ3v) is 8.50. The van der Waals surface area contributed by atoms with Crippen molar-refractivity contribution in [3.8, 4) is 0 Å². The van der Waals surface area contributed by atoms with Crippen LogP contribution in [0.2, 0.25) is 0 Å². The Morgan fingerprint density at radius 3 is 2.63 bits per heavy atom. The molecule has 2 aromatic heterocycles. The summed E-state index contributed by atoms with van der Waals surface area (Å²) in [5, 5.41) is 8.61. The molecule has 5 rings (SSSR count).